The number of rotatable bonds is 6. The van der Waals surface area contributed by atoms with E-state index in [1.165, 1.54) is 17.8 Å². The Hall–Kier alpha value is -3.68. The number of aromatic nitrogens is 4. The van der Waals surface area contributed by atoms with Crippen molar-refractivity contribution in [1.82, 2.24) is 19.6 Å². The van der Waals surface area contributed by atoms with E-state index in [1.54, 1.807) is 30.3 Å². The molecule has 29 heavy (non-hydrogen) atoms. The third-order valence-electron chi connectivity index (χ3n) is 4.11. The number of carbonyl (C=O) groups is 1. The molecule has 1 atom stereocenters. The normalized spacial score (nSPS) is 12.2. The van der Waals surface area contributed by atoms with Gasteiger partial charge >= 0.3 is 0 Å². The molecule has 3 rings (SSSR count). The number of para-hydroxylation sites is 1. The Bertz CT molecular complexity index is 1050. The predicted octanol–water partition coefficient (Wildman–Crippen LogP) is 4.02. The zero-order valence-electron chi connectivity index (χ0n) is 14.9. The van der Waals surface area contributed by atoms with Gasteiger partial charge < -0.3 is 5.32 Å². The van der Waals surface area contributed by atoms with Gasteiger partial charge in [0.1, 0.15) is 29.1 Å². The summed E-state index contributed by atoms with van der Waals surface area (Å²) in [7, 11) is 0. The summed E-state index contributed by atoms with van der Waals surface area (Å²) in [4.78, 5) is 12.7. The van der Waals surface area contributed by atoms with Crippen LogP contribution in [0.1, 0.15) is 42.8 Å². The van der Waals surface area contributed by atoms with E-state index in [0.717, 1.165) is 0 Å². The number of nitrogens with zero attached hydrogens (tertiary/aromatic N) is 5. The van der Waals surface area contributed by atoms with E-state index in [-0.39, 0.29) is 11.4 Å². The number of hydrogen-bond donors (Lipinski definition) is 1. The van der Waals surface area contributed by atoms with Crippen molar-refractivity contribution >= 4 is 11.7 Å². The molecule has 0 spiro atoms. The number of carbonyl (C=O) groups excluding carboxylic acids is 1. The summed E-state index contributed by atoms with van der Waals surface area (Å²) in [5.41, 5.74) is -1.08. The maximum Gasteiger partial charge on any atom is 0.282 e. The van der Waals surface area contributed by atoms with E-state index in [4.69, 9.17) is 0 Å². The zero-order valence-corrected chi connectivity index (χ0v) is 14.9. The topological polar surface area (TPSA) is 88.5 Å². The van der Waals surface area contributed by atoms with Crippen molar-refractivity contribution in [3.8, 4) is 11.8 Å². The first kappa shape index (κ1) is 20.1. The standard InChI is InChI=1S/C18H14F4N6O/c1-10(27-14(16(21)22)7-13(26-27)15(19)20)18(29)25-17-11(8-23)9-24-28(17)12-5-3-2-4-6-12/h2-7,9-10,15-16H,1H3,(H,25,29). The lowest BCUT2D eigenvalue weighted by Gasteiger charge is -2.16. The quantitative estimate of drug-likeness (QED) is 0.627. The van der Waals surface area contributed by atoms with Crippen LogP contribution in [0.25, 0.3) is 5.69 Å². The van der Waals surface area contributed by atoms with Crippen LogP contribution in [0, 0.1) is 11.3 Å². The van der Waals surface area contributed by atoms with Crippen molar-refractivity contribution < 1.29 is 22.4 Å². The fourth-order valence-electron chi connectivity index (χ4n) is 2.66. The summed E-state index contributed by atoms with van der Waals surface area (Å²) in [5.74, 6) is -0.805. The average molecular weight is 406 g/mol. The van der Waals surface area contributed by atoms with Gasteiger partial charge in [-0.25, -0.2) is 22.2 Å². The van der Waals surface area contributed by atoms with E-state index >= 15 is 0 Å². The largest absolute Gasteiger partial charge is 0.308 e. The molecular weight excluding hydrogens is 392 g/mol. The van der Waals surface area contributed by atoms with Gasteiger partial charge in [0.05, 0.1) is 11.9 Å². The molecule has 2 heterocycles. The maximum atomic E-state index is 13.2. The van der Waals surface area contributed by atoms with E-state index < -0.39 is 36.2 Å². The smallest absolute Gasteiger partial charge is 0.282 e. The highest BCUT2D eigenvalue weighted by Gasteiger charge is 2.28. The van der Waals surface area contributed by atoms with Crippen LogP contribution in [0.5, 0.6) is 0 Å². The number of alkyl halides is 4. The summed E-state index contributed by atoms with van der Waals surface area (Å²) in [6.45, 7) is 1.23. The Labute approximate surface area is 162 Å². The molecule has 0 saturated heterocycles. The fraction of sp³-hybridized carbons (Fsp3) is 0.222. The third-order valence-corrected chi connectivity index (χ3v) is 4.11. The first-order valence-electron chi connectivity index (χ1n) is 8.33. The molecule has 0 fully saturated rings. The Morgan fingerprint density at radius 1 is 1.17 bits per heavy atom. The molecule has 1 amide bonds. The zero-order chi connectivity index (χ0) is 21.1. The Balaban J connectivity index is 1.94. The number of nitriles is 1. The molecule has 11 heteroatoms. The van der Waals surface area contributed by atoms with Gasteiger partial charge in [-0.2, -0.15) is 15.5 Å². The maximum absolute atomic E-state index is 13.2. The Morgan fingerprint density at radius 3 is 2.45 bits per heavy atom. The molecule has 0 aliphatic rings. The lowest BCUT2D eigenvalue weighted by atomic mass is 10.2. The van der Waals surface area contributed by atoms with Gasteiger partial charge in [0.15, 0.2) is 5.82 Å². The second kappa shape index (κ2) is 8.14. The summed E-state index contributed by atoms with van der Waals surface area (Å²) in [5, 5.41) is 19.2. The summed E-state index contributed by atoms with van der Waals surface area (Å²) in [6, 6.07) is 9.68. The lowest BCUT2D eigenvalue weighted by molar-refractivity contribution is -0.119. The second-order valence-corrected chi connectivity index (χ2v) is 5.97. The molecule has 1 aromatic carbocycles. The number of anilines is 1. The SMILES string of the molecule is CC(C(=O)Nc1c(C#N)cnn1-c1ccccc1)n1nc(C(F)F)cc1C(F)F. The first-order chi connectivity index (χ1) is 13.8. The number of amides is 1. The van der Waals surface area contributed by atoms with Crippen molar-refractivity contribution in [3.05, 3.63) is 59.5 Å². The van der Waals surface area contributed by atoms with Gasteiger partial charge in [-0.1, -0.05) is 18.2 Å². The monoisotopic (exact) mass is 406 g/mol. The predicted molar refractivity (Wildman–Crippen MR) is 93.8 cm³/mol. The van der Waals surface area contributed by atoms with Crippen molar-refractivity contribution in [3.63, 3.8) is 0 Å². The van der Waals surface area contributed by atoms with E-state index in [0.29, 0.717) is 16.4 Å². The van der Waals surface area contributed by atoms with Crippen molar-refractivity contribution in [2.45, 2.75) is 25.8 Å². The van der Waals surface area contributed by atoms with Crippen LogP contribution in [0.15, 0.2) is 42.6 Å². The molecule has 2 aromatic heterocycles. The highest BCUT2D eigenvalue weighted by atomic mass is 19.3. The molecule has 150 valence electrons. The molecular formula is C18H14F4N6O. The summed E-state index contributed by atoms with van der Waals surface area (Å²) in [6.07, 6.45) is -4.93. The molecule has 0 saturated carbocycles. The Kier molecular flexibility index (Phi) is 5.63. The van der Waals surface area contributed by atoms with Gasteiger partial charge in [-0.3, -0.25) is 9.48 Å². The number of halogens is 4. The number of benzene rings is 1. The molecule has 0 radical (unpaired) electrons. The van der Waals surface area contributed by atoms with Crippen LogP contribution in [-0.4, -0.2) is 25.5 Å². The molecule has 0 aliphatic carbocycles. The van der Waals surface area contributed by atoms with Gasteiger partial charge in [-0.15, -0.1) is 0 Å². The van der Waals surface area contributed by atoms with Gasteiger partial charge in [-0.05, 0) is 25.1 Å². The summed E-state index contributed by atoms with van der Waals surface area (Å²) >= 11 is 0. The third kappa shape index (κ3) is 3.96. The first-order valence-corrected chi connectivity index (χ1v) is 8.33. The van der Waals surface area contributed by atoms with E-state index in [1.807, 2.05) is 6.07 Å². The highest BCUT2D eigenvalue weighted by molar-refractivity contribution is 5.94. The lowest BCUT2D eigenvalue weighted by Crippen LogP contribution is -2.27. The van der Waals surface area contributed by atoms with Crippen molar-refractivity contribution in [1.29, 1.82) is 5.26 Å². The van der Waals surface area contributed by atoms with E-state index in [2.05, 4.69) is 15.5 Å². The van der Waals surface area contributed by atoms with Crippen molar-refractivity contribution in [2.24, 2.45) is 0 Å². The van der Waals surface area contributed by atoms with Crippen LogP contribution in [-0.2, 0) is 4.79 Å². The highest BCUT2D eigenvalue weighted by Crippen LogP contribution is 2.28. The summed E-state index contributed by atoms with van der Waals surface area (Å²) < 4.78 is 54.0. The molecule has 7 nitrogen and oxygen atoms in total. The minimum absolute atomic E-state index is 0.0235. The molecule has 1 N–H and O–H groups in total. The number of nitrogens with one attached hydrogen (secondary N) is 1. The molecule has 3 aromatic rings. The average Bonchev–Trinajstić information content (AvgIpc) is 3.32. The number of hydrogen-bond acceptors (Lipinski definition) is 4. The van der Waals surface area contributed by atoms with Gasteiger partial charge in [0.25, 0.3) is 12.9 Å². The van der Waals surface area contributed by atoms with E-state index in [9.17, 15) is 27.6 Å². The van der Waals surface area contributed by atoms with Crippen LogP contribution in [0.3, 0.4) is 0 Å². The Morgan fingerprint density at radius 2 is 1.86 bits per heavy atom. The fourth-order valence-corrected chi connectivity index (χ4v) is 2.66. The molecule has 1 unspecified atom stereocenters. The minimum Gasteiger partial charge on any atom is -0.308 e. The van der Waals surface area contributed by atoms with Gasteiger partial charge in [0.2, 0.25) is 5.91 Å². The van der Waals surface area contributed by atoms with Crippen LogP contribution >= 0.6 is 0 Å². The van der Waals surface area contributed by atoms with Crippen LogP contribution < -0.4 is 5.32 Å². The van der Waals surface area contributed by atoms with Crippen molar-refractivity contribution in [2.75, 3.05) is 5.32 Å². The molecule has 0 bridgehead atoms. The molecule has 0 aliphatic heterocycles. The second-order valence-electron chi connectivity index (χ2n) is 5.97. The minimum atomic E-state index is -3.10. The van der Waals surface area contributed by atoms with Crippen LogP contribution in [0.2, 0.25) is 0 Å². The van der Waals surface area contributed by atoms with Gasteiger partial charge in [0, 0.05) is 0 Å². The van der Waals surface area contributed by atoms with Crippen LogP contribution in [0.4, 0.5) is 23.4 Å².